The number of hydrogen-bond acceptors (Lipinski definition) is 7. The summed E-state index contributed by atoms with van der Waals surface area (Å²) < 4.78 is 97.6. The molecule has 3 rings (SSSR count). The van der Waals surface area contributed by atoms with Crippen LogP contribution in [0.2, 0.25) is 0 Å². The van der Waals surface area contributed by atoms with Crippen molar-refractivity contribution in [2.75, 3.05) is 11.5 Å². The molecule has 3 heterocycles. The van der Waals surface area contributed by atoms with E-state index in [-0.39, 0.29) is 25.0 Å². The monoisotopic (exact) mass is 444 g/mol. The van der Waals surface area contributed by atoms with Gasteiger partial charge in [0, 0.05) is 5.75 Å². The van der Waals surface area contributed by atoms with Gasteiger partial charge in [0.15, 0.2) is 5.69 Å². The average Bonchev–Trinajstić information content (AvgIpc) is 3.08. The summed E-state index contributed by atoms with van der Waals surface area (Å²) in [5.74, 6) is -2.17. The van der Waals surface area contributed by atoms with E-state index in [4.69, 9.17) is 10.2 Å². The van der Waals surface area contributed by atoms with Crippen LogP contribution in [-0.4, -0.2) is 36.4 Å². The Hall–Kier alpha value is -2.22. The van der Waals surface area contributed by atoms with Crippen molar-refractivity contribution in [2.45, 2.75) is 48.7 Å². The molecule has 160 valence electrons. The highest BCUT2D eigenvalue weighted by Gasteiger charge is 2.58. The van der Waals surface area contributed by atoms with Crippen LogP contribution in [0, 0.1) is 0 Å². The first-order valence-electron chi connectivity index (χ1n) is 8.24. The lowest BCUT2D eigenvalue weighted by atomic mass is 9.95. The molecule has 0 aromatic carbocycles. The number of hydrogen-bond donors (Lipinski definition) is 2. The molecular formula is C15H14F6N4O3S. The minimum Gasteiger partial charge on any atom is -0.416 e. The molecule has 2 atom stereocenters. The van der Waals surface area contributed by atoms with Crippen LogP contribution < -0.4 is 5.73 Å². The number of aromatic nitrogens is 3. The third-order valence-electron chi connectivity index (χ3n) is 4.36. The van der Waals surface area contributed by atoms with Gasteiger partial charge in [-0.05, 0) is 25.3 Å². The predicted octanol–water partition coefficient (Wildman–Crippen LogP) is 3.16. The van der Waals surface area contributed by atoms with Gasteiger partial charge >= 0.3 is 12.4 Å². The van der Waals surface area contributed by atoms with E-state index < -0.39 is 68.9 Å². The number of fused-ring (bicyclic) bond motifs is 5. The number of nitrogen functional groups attached to an aromatic ring is 1. The number of nitrogens with zero attached hydrogens (tertiary/aromatic N) is 3. The minimum absolute atomic E-state index is 0.0491. The standard InChI is InChI=1S/C15H14F6N4O3S/c16-14(17,18)7-6-8(22)9-10-24-25-12(28-10)13(26,15(19,20)21)4-2-1-3-5-29(27)11(7)23-9/h6,26H,1-5,22H2/t13-,29?/m1/s1. The van der Waals surface area contributed by atoms with Crippen LogP contribution in [-0.2, 0) is 22.6 Å². The number of aliphatic hydroxyl groups is 1. The lowest BCUT2D eigenvalue weighted by Gasteiger charge is -2.26. The highest BCUT2D eigenvalue weighted by molar-refractivity contribution is 7.85. The van der Waals surface area contributed by atoms with Crippen molar-refractivity contribution in [3.63, 3.8) is 0 Å². The van der Waals surface area contributed by atoms with E-state index in [1.807, 2.05) is 0 Å². The van der Waals surface area contributed by atoms with Crippen LogP contribution >= 0.6 is 0 Å². The van der Waals surface area contributed by atoms with Gasteiger partial charge in [-0.3, -0.25) is 4.21 Å². The summed E-state index contributed by atoms with van der Waals surface area (Å²) >= 11 is 0. The Labute approximate surface area is 161 Å². The summed E-state index contributed by atoms with van der Waals surface area (Å²) in [4.78, 5) is 3.64. The number of anilines is 1. The first kappa shape index (κ1) is 21.5. The Bertz CT molecular complexity index is 945. The maximum absolute atomic E-state index is 13.5. The highest BCUT2D eigenvalue weighted by Crippen LogP contribution is 2.44. The van der Waals surface area contributed by atoms with Gasteiger partial charge in [-0.2, -0.15) is 26.3 Å². The summed E-state index contributed by atoms with van der Waals surface area (Å²) in [6, 6.07) is 0.467. The van der Waals surface area contributed by atoms with E-state index in [0.29, 0.717) is 6.07 Å². The van der Waals surface area contributed by atoms with Gasteiger partial charge in [0.1, 0.15) is 5.03 Å². The summed E-state index contributed by atoms with van der Waals surface area (Å²) in [5.41, 5.74) is -0.367. The number of alkyl halides is 6. The van der Waals surface area contributed by atoms with Crippen molar-refractivity contribution in [1.82, 2.24) is 15.2 Å². The van der Waals surface area contributed by atoms with Gasteiger partial charge in [-0.25, -0.2) is 4.98 Å². The molecule has 0 fully saturated rings. The lowest BCUT2D eigenvalue weighted by molar-refractivity contribution is -0.277. The van der Waals surface area contributed by atoms with Crippen LogP contribution in [0.15, 0.2) is 15.5 Å². The molecule has 0 aliphatic carbocycles. The highest BCUT2D eigenvalue weighted by atomic mass is 32.2. The maximum atomic E-state index is 13.5. The fourth-order valence-corrected chi connectivity index (χ4v) is 4.08. The van der Waals surface area contributed by atoms with Crippen LogP contribution in [0.1, 0.15) is 37.1 Å². The van der Waals surface area contributed by atoms with E-state index in [9.17, 15) is 35.7 Å². The fraction of sp³-hybridized carbons (Fsp3) is 0.533. The van der Waals surface area contributed by atoms with Gasteiger partial charge in [0.2, 0.25) is 5.60 Å². The first-order valence-corrected chi connectivity index (χ1v) is 9.56. The molecular weight excluding hydrogens is 430 g/mol. The van der Waals surface area contributed by atoms with Crippen molar-refractivity contribution in [2.24, 2.45) is 0 Å². The Morgan fingerprint density at radius 3 is 2.45 bits per heavy atom. The molecule has 0 saturated carbocycles. The third-order valence-corrected chi connectivity index (χ3v) is 5.76. The third kappa shape index (κ3) is 3.95. The molecule has 7 nitrogen and oxygen atoms in total. The summed E-state index contributed by atoms with van der Waals surface area (Å²) in [5, 5.41) is 15.9. The molecule has 1 aliphatic rings. The molecule has 0 radical (unpaired) electrons. The van der Waals surface area contributed by atoms with Crippen molar-refractivity contribution >= 4 is 16.5 Å². The largest absolute Gasteiger partial charge is 0.426 e. The lowest BCUT2D eigenvalue weighted by Crippen LogP contribution is -2.42. The molecule has 0 amide bonds. The minimum atomic E-state index is -5.15. The Morgan fingerprint density at radius 2 is 1.83 bits per heavy atom. The molecule has 4 bridgehead atoms. The van der Waals surface area contributed by atoms with Crippen LogP contribution in [0.5, 0.6) is 0 Å². The molecule has 1 unspecified atom stereocenters. The van der Waals surface area contributed by atoms with E-state index in [1.54, 1.807) is 0 Å². The molecule has 2 aromatic rings. The smallest absolute Gasteiger partial charge is 0.416 e. The normalized spacial score (nSPS) is 23.8. The average molecular weight is 444 g/mol. The number of nitrogens with two attached hydrogens (primary N) is 1. The molecule has 0 spiro atoms. The van der Waals surface area contributed by atoms with Crippen LogP contribution in [0.25, 0.3) is 11.6 Å². The quantitative estimate of drug-likeness (QED) is 0.600. The number of halogens is 6. The molecule has 0 saturated heterocycles. The van der Waals surface area contributed by atoms with Crippen LogP contribution in [0.4, 0.5) is 32.0 Å². The van der Waals surface area contributed by atoms with Crippen molar-refractivity contribution in [3.8, 4) is 11.6 Å². The fourth-order valence-electron chi connectivity index (χ4n) is 2.80. The second-order valence-electron chi connectivity index (χ2n) is 6.41. The van der Waals surface area contributed by atoms with Gasteiger partial charge in [-0.15, -0.1) is 10.2 Å². The van der Waals surface area contributed by atoms with E-state index in [0.717, 1.165) is 0 Å². The van der Waals surface area contributed by atoms with Gasteiger partial charge in [-0.1, -0.05) is 6.42 Å². The number of rotatable bonds is 0. The van der Waals surface area contributed by atoms with Gasteiger partial charge in [0.05, 0.1) is 22.1 Å². The van der Waals surface area contributed by atoms with E-state index in [2.05, 4.69) is 15.2 Å². The second kappa shape index (κ2) is 7.23. The zero-order chi connectivity index (χ0) is 21.6. The van der Waals surface area contributed by atoms with E-state index >= 15 is 0 Å². The summed E-state index contributed by atoms with van der Waals surface area (Å²) in [7, 11) is -2.21. The predicted molar refractivity (Wildman–Crippen MR) is 86.6 cm³/mol. The molecule has 3 N–H and O–H groups in total. The van der Waals surface area contributed by atoms with E-state index in [1.165, 1.54) is 0 Å². The Balaban J connectivity index is 2.22. The SMILES string of the molecule is Nc1cc(C(F)(F)F)c2nc1-c1nnc(o1)[C@@](O)(C(F)(F)F)CCCCCS2=O. The second-order valence-corrected chi connectivity index (χ2v) is 7.89. The van der Waals surface area contributed by atoms with Crippen molar-refractivity contribution < 1.29 is 40.1 Å². The summed E-state index contributed by atoms with van der Waals surface area (Å²) in [6.45, 7) is 0. The zero-order valence-corrected chi connectivity index (χ0v) is 15.3. The van der Waals surface area contributed by atoms with Crippen molar-refractivity contribution in [1.29, 1.82) is 0 Å². The topological polar surface area (TPSA) is 115 Å². The summed E-state index contributed by atoms with van der Waals surface area (Å²) in [6.07, 6.45) is -10.9. The van der Waals surface area contributed by atoms with Gasteiger partial charge < -0.3 is 15.3 Å². The number of pyridine rings is 1. The molecule has 1 aliphatic heterocycles. The van der Waals surface area contributed by atoms with Crippen molar-refractivity contribution in [3.05, 3.63) is 17.5 Å². The Kier molecular flexibility index (Phi) is 5.36. The first-order chi connectivity index (χ1) is 13.3. The Morgan fingerprint density at radius 1 is 1.14 bits per heavy atom. The molecule has 29 heavy (non-hydrogen) atoms. The zero-order valence-electron chi connectivity index (χ0n) is 14.5. The molecule has 14 heteroatoms. The van der Waals surface area contributed by atoms with Gasteiger partial charge in [0.25, 0.3) is 11.8 Å². The van der Waals surface area contributed by atoms with Crippen LogP contribution in [0.3, 0.4) is 0 Å². The molecule has 2 aromatic heterocycles. The maximum Gasteiger partial charge on any atom is 0.426 e.